The highest BCUT2D eigenvalue weighted by Crippen LogP contribution is 2.23. The fourth-order valence-electron chi connectivity index (χ4n) is 1.97. The molecule has 0 unspecified atom stereocenters. The first kappa shape index (κ1) is 14.8. The molecule has 0 aromatic heterocycles. The van der Waals surface area contributed by atoms with Gasteiger partial charge in [-0.2, -0.15) is 0 Å². The lowest BCUT2D eigenvalue weighted by Crippen LogP contribution is -2.85. The van der Waals surface area contributed by atoms with Crippen LogP contribution in [0.25, 0.3) is 0 Å². The second-order valence-electron chi connectivity index (χ2n) is 4.62. The minimum absolute atomic E-state index is 0.776. The first-order valence-corrected chi connectivity index (χ1v) is 6.93. The Bertz CT molecular complexity index is 360. The number of benzene rings is 1. The SMILES string of the molecule is C=CCc1cccc(C)c1OCC[NH2+]CCCC. The minimum Gasteiger partial charge on any atom is -0.487 e. The van der Waals surface area contributed by atoms with Crippen molar-refractivity contribution in [3.63, 3.8) is 0 Å². The van der Waals surface area contributed by atoms with Gasteiger partial charge in [0.15, 0.2) is 0 Å². The molecule has 0 fully saturated rings. The van der Waals surface area contributed by atoms with Gasteiger partial charge in [0.25, 0.3) is 0 Å². The molecule has 0 aliphatic rings. The van der Waals surface area contributed by atoms with Crippen LogP contribution in [0.15, 0.2) is 30.9 Å². The Hall–Kier alpha value is -1.28. The van der Waals surface area contributed by atoms with E-state index >= 15 is 0 Å². The normalized spacial score (nSPS) is 10.3. The Morgan fingerprint density at radius 1 is 1.33 bits per heavy atom. The van der Waals surface area contributed by atoms with Crippen molar-refractivity contribution >= 4 is 0 Å². The fraction of sp³-hybridized carbons (Fsp3) is 0.500. The quantitative estimate of drug-likeness (QED) is 0.527. The third-order valence-corrected chi connectivity index (χ3v) is 2.99. The van der Waals surface area contributed by atoms with Crippen LogP contribution < -0.4 is 10.1 Å². The Balaban J connectivity index is 2.42. The van der Waals surface area contributed by atoms with E-state index in [2.05, 4.69) is 43.9 Å². The highest BCUT2D eigenvalue weighted by molar-refractivity contribution is 5.41. The van der Waals surface area contributed by atoms with E-state index in [1.54, 1.807) is 0 Å². The van der Waals surface area contributed by atoms with Crippen molar-refractivity contribution in [3.8, 4) is 5.75 Å². The van der Waals surface area contributed by atoms with Crippen molar-refractivity contribution in [2.75, 3.05) is 19.7 Å². The maximum atomic E-state index is 5.92. The molecule has 0 saturated carbocycles. The van der Waals surface area contributed by atoms with Crippen LogP contribution in [0.1, 0.15) is 30.9 Å². The molecule has 2 nitrogen and oxygen atoms in total. The summed E-state index contributed by atoms with van der Waals surface area (Å²) in [6, 6.07) is 6.29. The molecule has 100 valence electrons. The van der Waals surface area contributed by atoms with Gasteiger partial charge in [-0.15, -0.1) is 6.58 Å². The van der Waals surface area contributed by atoms with E-state index in [1.807, 2.05) is 6.08 Å². The molecule has 18 heavy (non-hydrogen) atoms. The number of aryl methyl sites for hydroxylation is 1. The molecule has 0 atom stereocenters. The Labute approximate surface area is 111 Å². The molecule has 2 N–H and O–H groups in total. The highest BCUT2D eigenvalue weighted by Gasteiger charge is 2.05. The molecule has 0 saturated heterocycles. The lowest BCUT2D eigenvalue weighted by Gasteiger charge is -2.12. The molecular formula is C16H26NO+. The van der Waals surface area contributed by atoms with E-state index in [0.29, 0.717) is 0 Å². The van der Waals surface area contributed by atoms with Crippen LogP contribution in [0.5, 0.6) is 5.75 Å². The number of ether oxygens (including phenoxy) is 1. The van der Waals surface area contributed by atoms with Gasteiger partial charge in [0.1, 0.15) is 18.9 Å². The van der Waals surface area contributed by atoms with Crippen LogP contribution in [-0.4, -0.2) is 19.7 Å². The number of nitrogens with two attached hydrogens (primary N) is 1. The smallest absolute Gasteiger partial charge is 0.137 e. The number of rotatable bonds is 9. The van der Waals surface area contributed by atoms with Gasteiger partial charge in [-0.05, 0) is 30.9 Å². The van der Waals surface area contributed by atoms with E-state index < -0.39 is 0 Å². The summed E-state index contributed by atoms with van der Waals surface area (Å²) in [5, 5.41) is 2.33. The highest BCUT2D eigenvalue weighted by atomic mass is 16.5. The van der Waals surface area contributed by atoms with Crippen molar-refractivity contribution in [2.45, 2.75) is 33.1 Å². The summed E-state index contributed by atoms with van der Waals surface area (Å²) >= 11 is 0. The predicted molar refractivity (Wildman–Crippen MR) is 77.1 cm³/mol. The molecule has 1 aromatic rings. The minimum atomic E-state index is 0.776. The van der Waals surface area contributed by atoms with Gasteiger partial charge in [-0.1, -0.05) is 37.6 Å². The van der Waals surface area contributed by atoms with E-state index in [0.717, 1.165) is 25.3 Å². The molecule has 0 radical (unpaired) electrons. The maximum absolute atomic E-state index is 5.92. The van der Waals surface area contributed by atoms with Crippen LogP contribution in [0.4, 0.5) is 0 Å². The van der Waals surface area contributed by atoms with Gasteiger partial charge in [0.05, 0.1) is 6.54 Å². The third kappa shape index (κ3) is 4.92. The van der Waals surface area contributed by atoms with Crippen LogP contribution in [0.3, 0.4) is 0 Å². The monoisotopic (exact) mass is 248 g/mol. The Morgan fingerprint density at radius 3 is 2.89 bits per heavy atom. The molecule has 1 aromatic carbocycles. The van der Waals surface area contributed by atoms with Crippen molar-refractivity contribution < 1.29 is 10.1 Å². The fourth-order valence-corrected chi connectivity index (χ4v) is 1.97. The zero-order chi connectivity index (χ0) is 13.2. The van der Waals surface area contributed by atoms with Crippen molar-refractivity contribution in [1.82, 2.24) is 0 Å². The standard InChI is InChI=1S/C16H25NO/c1-4-6-11-17-12-13-18-16-14(3)9-7-10-15(16)8-5-2/h5,7,9-10,17H,2,4,6,8,11-13H2,1,3H3/p+1. The predicted octanol–water partition coefficient (Wildman–Crippen LogP) is 2.47. The van der Waals surface area contributed by atoms with Gasteiger partial charge < -0.3 is 10.1 Å². The molecule has 0 bridgehead atoms. The largest absolute Gasteiger partial charge is 0.487 e. The molecule has 0 amide bonds. The maximum Gasteiger partial charge on any atom is 0.137 e. The molecule has 1 rings (SSSR count). The van der Waals surface area contributed by atoms with E-state index in [4.69, 9.17) is 4.74 Å². The van der Waals surface area contributed by atoms with E-state index in [9.17, 15) is 0 Å². The number of unbranched alkanes of at least 4 members (excludes halogenated alkanes) is 1. The summed E-state index contributed by atoms with van der Waals surface area (Å²) < 4.78 is 5.92. The molecule has 0 spiro atoms. The van der Waals surface area contributed by atoms with E-state index in [-0.39, 0.29) is 0 Å². The second-order valence-corrected chi connectivity index (χ2v) is 4.62. The summed E-state index contributed by atoms with van der Waals surface area (Å²) in [6.07, 6.45) is 5.34. The van der Waals surface area contributed by atoms with Crippen molar-refractivity contribution in [3.05, 3.63) is 42.0 Å². The zero-order valence-electron chi connectivity index (χ0n) is 11.7. The summed E-state index contributed by atoms with van der Waals surface area (Å²) in [7, 11) is 0. The first-order chi connectivity index (χ1) is 8.79. The number of allylic oxidation sites excluding steroid dienone is 1. The molecule has 2 heteroatoms. The van der Waals surface area contributed by atoms with Gasteiger partial charge in [-0.3, -0.25) is 0 Å². The molecule has 0 aliphatic heterocycles. The number of hydrogen-bond acceptors (Lipinski definition) is 1. The molecule has 0 heterocycles. The average molecular weight is 248 g/mol. The van der Waals surface area contributed by atoms with Gasteiger partial charge in [0.2, 0.25) is 0 Å². The number of quaternary nitrogens is 1. The van der Waals surface area contributed by atoms with Crippen LogP contribution in [0.2, 0.25) is 0 Å². The molecule has 0 aliphatic carbocycles. The lowest BCUT2D eigenvalue weighted by molar-refractivity contribution is -0.655. The number of para-hydroxylation sites is 1. The van der Waals surface area contributed by atoms with Crippen LogP contribution in [0, 0.1) is 6.92 Å². The van der Waals surface area contributed by atoms with Gasteiger partial charge in [-0.25, -0.2) is 0 Å². The Kier molecular flexibility index (Phi) is 7.19. The third-order valence-electron chi connectivity index (χ3n) is 2.99. The number of hydrogen-bond donors (Lipinski definition) is 1. The summed E-state index contributed by atoms with van der Waals surface area (Å²) in [5.41, 5.74) is 2.45. The van der Waals surface area contributed by atoms with Crippen LogP contribution in [-0.2, 0) is 6.42 Å². The lowest BCUT2D eigenvalue weighted by atomic mass is 10.1. The summed E-state index contributed by atoms with van der Waals surface area (Å²) in [6.45, 7) is 11.1. The zero-order valence-corrected chi connectivity index (χ0v) is 11.7. The molecular weight excluding hydrogens is 222 g/mol. The van der Waals surface area contributed by atoms with Gasteiger partial charge >= 0.3 is 0 Å². The van der Waals surface area contributed by atoms with E-state index in [1.165, 1.54) is 30.5 Å². The van der Waals surface area contributed by atoms with Crippen molar-refractivity contribution in [1.29, 1.82) is 0 Å². The second kappa shape index (κ2) is 8.76. The van der Waals surface area contributed by atoms with Gasteiger partial charge in [0, 0.05) is 0 Å². The summed E-state index contributed by atoms with van der Waals surface area (Å²) in [5.74, 6) is 1.04. The Morgan fingerprint density at radius 2 is 2.17 bits per heavy atom. The first-order valence-electron chi connectivity index (χ1n) is 6.93. The average Bonchev–Trinajstić information content (AvgIpc) is 2.36. The van der Waals surface area contributed by atoms with Crippen molar-refractivity contribution in [2.24, 2.45) is 0 Å². The topological polar surface area (TPSA) is 25.8 Å². The van der Waals surface area contributed by atoms with Crippen LogP contribution >= 0.6 is 0 Å². The summed E-state index contributed by atoms with van der Waals surface area (Å²) in [4.78, 5) is 0.